The second kappa shape index (κ2) is 10.6. The number of fused-ring (bicyclic) bond motifs is 4. The molecule has 1 aromatic rings. The number of benzene rings is 1. The summed E-state index contributed by atoms with van der Waals surface area (Å²) in [6, 6.07) is 12.5. The predicted molar refractivity (Wildman–Crippen MR) is 144 cm³/mol. The number of carbonyl (C=O) groups is 2. The molecule has 4 bridgehead atoms. The molecular weight excluding hydrogens is 446 g/mol. The molecule has 5 atom stereocenters. The molecule has 0 radical (unpaired) electrons. The Morgan fingerprint density at radius 1 is 0.806 bits per heavy atom. The van der Waals surface area contributed by atoms with Gasteiger partial charge in [-0.2, -0.15) is 0 Å². The number of likely N-dealkylation sites (tertiary alicyclic amines) is 1. The standard InChI is InChI=1S/C31H45N3O2/c1-22(35)30-14-7-15-32(30)21-31(36)34(25-10-3-2-4-11-25)29-19-26-12-6-13-27(20-29)33(26)28-17-23-8-5-9-24(16-23)18-28/h2-4,10-11,23-24,26-30H,5-9,12-21H2,1H3. The first-order valence-electron chi connectivity index (χ1n) is 15.0. The summed E-state index contributed by atoms with van der Waals surface area (Å²) in [5.41, 5.74) is 1.03. The van der Waals surface area contributed by atoms with E-state index in [0.29, 0.717) is 18.6 Å². The molecule has 0 aromatic heterocycles. The fraction of sp³-hybridized carbons (Fsp3) is 0.742. The maximum Gasteiger partial charge on any atom is 0.241 e. The van der Waals surface area contributed by atoms with Crippen molar-refractivity contribution in [3.05, 3.63) is 30.3 Å². The number of anilines is 1. The molecule has 6 rings (SSSR count). The van der Waals surface area contributed by atoms with Crippen molar-refractivity contribution in [3.8, 4) is 0 Å². The Morgan fingerprint density at radius 2 is 1.47 bits per heavy atom. The van der Waals surface area contributed by atoms with E-state index in [4.69, 9.17) is 0 Å². The number of carbonyl (C=O) groups excluding carboxylic acids is 2. The molecule has 36 heavy (non-hydrogen) atoms. The highest BCUT2D eigenvalue weighted by Gasteiger charge is 2.46. The molecule has 5 nitrogen and oxygen atoms in total. The van der Waals surface area contributed by atoms with E-state index in [0.717, 1.165) is 55.8 Å². The molecule has 0 spiro atoms. The van der Waals surface area contributed by atoms with Gasteiger partial charge in [0, 0.05) is 29.9 Å². The van der Waals surface area contributed by atoms with Gasteiger partial charge in [0.2, 0.25) is 5.91 Å². The fourth-order valence-electron chi connectivity index (χ4n) is 9.01. The summed E-state index contributed by atoms with van der Waals surface area (Å²) in [5.74, 6) is 2.29. The number of nitrogens with zero attached hydrogens (tertiary/aromatic N) is 3. The number of amides is 1. The van der Waals surface area contributed by atoms with Gasteiger partial charge in [0.05, 0.1) is 12.6 Å². The van der Waals surface area contributed by atoms with E-state index in [1.807, 2.05) is 6.07 Å². The Morgan fingerprint density at radius 3 is 2.14 bits per heavy atom. The first-order valence-corrected chi connectivity index (χ1v) is 15.0. The molecule has 1 aromatic carbocycles. The van der Waals surface area contributed by atoms with Crippen LogP contribution >= 0.6 is 0 Å². The van der Waals surface area contributed by atoms with E-state index in [2.05, 4.69) is 39.0 Å². The van der Waals surface area contributed by atoms with Crippen LogP contribution in [0.1, 0.15) is 90.4 Å². The summed E-state index contributed by atoms with van der Waals surface area (Å²) in [5, 5.41) is 0. The summed E-state index contributed by atoms with van der Waals surface area (Å²) >= 11 is 0. The van der Waals surface area contributed by atoms with Crippen LogP contribution in [0.5, 0.6) is 0 Å². The summed E-state index contributed by atoms with van der Waals surface area (Å²) in [6.45, 7) is 2.89. The number of hydrogen-bond donors (Lipinski definition) is 0. The third-order valence-electron chi connectivity index (χ3n) is 10.4. The second-order valence-corrected chi connectivity index (χ2v) is 12.7. The quantitative estimate of drug-likeness (QED) is 0.532. The van der Waals surface area contributed by atoms with Gasteiger partial charge in [-0.25, -0.2) is 0 Å². The van der Waals surface area contributed by atoms with Crippen LogP contribution in [-0.4, -0.2) is 64.8 Å². The zero-order valence-corrected chi connectivity index (χ0v) is 22.2. The Labute approximate surface area is 217 Å². The molecule has 3 heterocycles. The normalized spacial score (nSPS) is 37.0. The molecule has 1 amide bonds. The maximum absolute atomic E-state index is 14.0. The molecule has 5 unspecified atom stereocenters. The first-order chi connectivity index (χ1) is 17.6. The largest absolute Gasteiger partial charge is 0.308 e. The van der Waals surface area contributed by atoms with Crippen LogP contribution in [0.3, 0.4) is 0 Å². The van der Waals surface area contributed by atoms with Crippen molar-refractivity contribution in [2.24, 2.45) is 11.8 Å². The lowest BCUT2D eigenvalue weighted by atomic mass is 9.68. The number of rotatable bonds is 6. The highest BCUT2D eigenvalue weighted by molar-refractivity contribution is 5.96. The molecule has 2 saturated carbocycles. The lowest BCUT2D eigenvalue weighted by molar-refractivity contribution is -0.124. The highest BCUT2D eigenvalue weighted by Crippen LogP contribution is 2.46. The Bertz CT molecular complexity index is 909. The Balaban J connectivity index is 1.22. The lowest BCUT2D eigenvalue weighted by Crippen LogP contribution is -2.62. The topological polar surface area (TPSA) is 43.9 Å². The monoisotopic (exact) mass is 491 g/mol. The molecule has 5 aliphatic rings. The van der Waals surface area contributed by atoms with E-state index in [-0.39, 0.29) is 23.8 Å². The van der Waals surface area contributed by atoms with Gasteiger partial charge in [0.1, 0.15) is 5.78 Å². The average molecular weight is 492 g/mol. The first kappa shape index (κ1) is 24.6. The van der Waals surface area contributed by atoms with Gasteiger partial charge in [-0.1, -0.05) is 43.9 Å². The van der Waals surface area contributed by atoms with Gasteiger partial charge >= 0.3 is 0 Å². The van der Waals surface area contributed by atoms with Gasteiger partial charge in [0.15, 0.2) is 0 Å². The minimum Gasteiger partial charge on any atom is -0.308 e. The lowest BCUT2D eigenvalue weighted by Gasteiger charge is -2.56. The molecule has 196 valence electrons. The summed E-state index contributed by atoms with van der Waals surface area (Å²) in [7, 11) is 0. The Hall–Kier alpha value is -1.72. The molecule has 3 saturated heterocycles. The van der Waals surface area contributed by atoms with E-state index in [1.165, 1.54) is 57.8 Å². The number of Topliss-reactive ketones (excluding diaryl/α,β-unsaturated/α-hetero) is 1. The zero-order valence-electron chi connectivity index (χ0n) is 22.2. The number of ketones is 1. The third kappa shape index (κ3) is 4.90. The van der Waals surface area contributed by atoms with Crippen molar-refractivity contribution in [1.82, 2.24) is 9.80 Å². The van der Waals surface area contributed by atoms with Gasteiger partial charge in [-0.15, -0.1) is 0 Å². The van der Waals surface area contributed by atoms with Crippen molar-refractivity contribution < 1.29 is 9.59 Å². The molecule has 2 aliphatic carbocycles. The molecule has 0 N–H and O–H groups in total. The van der Waals surface area contributed by atoms with Crippen LogP contribution in [0.15, 0.2) is 30.3 Å². The SMILES string of the molecule is CC(=O)C1CCCN1CC(=O)N(c1ccccc1)C1CC2CCCC(C1)N2C1CC2CCCC(C2)C1. The molecule has 3 aliphatic heterocycles. The van der Waals surface area contributed by atoms with Gasteiger partial charge in [-0.3, -0.25) is 19.4 Å². The van der Waals surface area contributed by atoms with Crippen LogP contribution in [0, 0.1) is 11.8 Å². The summed E-state index contributed by atoms with van der Waals surface area (Å²) in [6.07, 6.45) is 16.7. The molecule has 5 heteroatoms. The van der Waals surface area contributed by atoms with Gasteiger partial charge in [0.25, 0.3) is 0 Å². The number of hydrogen-bond acceptors (Lipinski definition) is 4. The van der Waals surface area contributed by atoms with Crippen molar-refractivity contribution in [1.29, 1.82) is 0 Å². The van der Waals surface area contributed by atoms with E-state index >= 15 is 0 Å². The van der Waals surface area contributed by atoms with Crippen LogP contribution in [0.25, 0.3) is 0 Å². The molecule has 5 fully saturated rings. The van der Waals surface area contributed by atoms with Crippen LogP contribution in [0.4, 0.5) is 5.69 Å². The van der Waals surface area contributed by atoms with Gasteiger partial charge < -0.3 is 4.90 Å². The third-order valence-corrected chi connectivity index (χ3v) is 10.4. The highest BCUT2D eigenvalue weighted by atomic mass is 16.2. The van der Waals surface area contributed by atoms with Gasteiger partial charge in [-0.05, 0) is 95.2 Å². The smallest absolute Gasteiger partial charge is 0.241 e. The summed E-state index contributed by atoms with van der Waals surface area (Å²) in [4.78, 5) is 33.4. The predicted octanol–water partition coefficient (Wildman–Crippen LogP) is 5.43. The van der Waals surface area contributed by atoms with E-state index in [9.17, 15) is 9.59 Å². The number of para-hydroxylation sites is 1. The van der Waals surface area contributed by atoms with Crippen LogP contribution in [0.2, 0.25) is 0 Å². The Kier molecular flexibility index (Phi) is 7.22. The van der Waals surface area contributed by atoms with Crippen molar-refractivity contribution in [2.75, 3.05) is 18.0 Å². The summed E-state index contributed by atoms with van der Waals surface area (Å²) < 4.78 is 0. The minimum atomic E-state index is -0.0847. The number of piperidine rings is 2. The minimum absolute atomic E-state index is 0.0847. The zero-order chi connectivity index (χ0) is 24.6. The van der Waals surface area contributed by atoms with Crippen molar-refractivity contribution in [3.63, 3.8) is 0 Å². The van der Waals surface area contributed by atoms with E-state index in [1.54, 1.807) is 6.92 Å². The maximum atomic E-state index is 14.0. The average Bonchev–Trinajstić information content (AvgIpc) is 3.32. The fourth-order valence-corrected chi connectivity index (χ4v) is 9.01. The van der Waals surface area contributed by atoms with Crippen LogP contribution in [-0.2, 0) is 9.59 Å². The second-order valence-electron chi connectivity index (χ2n) is 12.7. The van der Waals surface area contributed by atoms with Crippen molar-refractivity contribution in [2.45, 2.75) is 121 Å². The van der Waals surface area contributed by atoms with E-state index < -0.39 is 0 Å². The molecular formula is C31H45N3O2. The van der Waals surface area contributed by atoms with Crippen molar-refractivity contribution >= 4 is 17.4 Å². The van der Waals surface area contributed by atoms with Crippen LogP contribution < -0.4 is 4.90 Å².